The lowest BCUT2D eigenvalue weighted by Gasteiger charge is -2.33. The Morgan fingerprint density at radius 3 is 2.74 bits per heavy atom. The largest absolute Gasteiger partial charge is 0.468 e. The molecule has 0 spiro atoms. The number of furan rings is 1. The lowest BCUT2D eigenvalue weighted by molar-refractivity contribution is 0.0915. The van der Waals surface area contributed by atoms with Crippen LogP contribution in [-0.4, -0.2) is 35.4 Å². The van der Waals surface area contributed by atoms with Gasteiger partial charge in [-0.3, -0.25) is 14.5 Å². The number of pyridine rings is 1. The second kappa shape index (κ2) is 7.80. The number of carbonyl (C=O) groups excluding carboxylic acids is 1. The molecule has 6 nitrogen and oxygen atoms in total. The van der Waals surface area contributed by atoms with Crippen LogP contribution in [0.4, 0.5) is 0 Å². The highest BCUT2D eigenvalue weighted by molar-refractivity contribution is 6.05. The Morgan fingerprint density at radius 1 is 1.15 bits per heavy atom. The van der Waals surface area contributed by atoms with Crippen molar-refractivity contribution in [2.24, 2.45) is 0 Å². The number of piperidine rings is 1. The second-order valence-electron chi connectivity index (χ2n) is 6.93. The Bertz CT molecular complexity index is 972. The quantitative estimate of drug-likeness (QED) is 0.728. The summed E-state index contributed by atoms with van der Waals surface area (Å²) >= 11 is 0. The summed E-state index contributed by atoms with van der Waals surface area (Å²) in [5.74, 6) is 0.610. The van der Waals surface area contributed by atoms with Crippen molar-refractivity contribution in [2.75, 3.05) is 19.6 Å². The van der Waals surface area contributed by atoms with Gasteiger partial charge in [0.15, 0.2) is 0 Å². The number of likely N-dealkylation sites (tertiary alicyclic amines) is 1. The Morgan fingerprint density at radius 2 is 1.96 bits per heavy atom. The first-order chi connectivity index (χ1) is 13.2. The van der Waals surface area contributed by atoms with Gasteiger partial charge in [-0.25, -0.2) is 0 Å². The third-order valence-electron chi connectivity index (χ3n) is 5.15. The summed E-state index contributed by atoms with van der Waals surface area (Å²) in [7, 11) is 0. The van der Waals surface area contributed by atoms with E-state index in [1.54, 1.807) is 12.3 Å². The topological polar surface area (TPSA) is 78.3 Å². The molecule has 0 bridgehead atoms. The average molecular weight is 365 g/mol. The van der Waals surface area contributed by atoms with Crippen LogP contribution in [0.25, 0.3) is 10.9 Å². The predicted octanol–water partition coefficient (Wildman–Crippen LogP) is 3.08. The number of fused-ring (bicyclic) bond motifs is 1. The molecule has 2 N–H and O–H groups in total. The smallest absolute Gasteiger partial charge is 0.252 e. The van der Waals surface area contributed by atoms with E-state index in [1.807, 2.05) is 30.3 Å². The van der Waals surface area contributed by atoms with Gasteiger partial charge in [0.2, 0.25) is 5.56 Å². The molecule has 1 unspecified atom stereocenters. The van der Waals surface area contributed by atoms with Gasteiger partial charge in [0, 0.05) is 23.5 Å². The fourth-order valence-corrected chi connectivity index (χ4v) is 3.80. The first kappa shape index (κ1) is 17.5. The van der Waals surface area contributed by atoms with Crippen LogP contribution in [0.2, 0.25) is 0 Å². The van der Waals surface area contributed by atoms with Gasteiger partial charge in [-0.15, -0.1) is 0 Å². The second-order valence-corrected chi connectivity index (χ2v) is 6.93. The molecule has 1 saturated heterocycles. The number of nitrogens with zero attached hydrogens (tertiary/aromatic N) is 1. The normalized spacial score (nSPS) is 16.3. The van der Waals surface area contributed by atoms with E-state index in [0.717, 1.165) is 37.1 Å². The van der Waals surface area contributed by atoms with Crippen molar-refractivity contribution < 1.29 is 9.21 Å². The minimum atomic E-state index is -0.280. The maximum absolute atomic E-state index is 12.9. The summed E-state index contributed by atoms with van der Waals surface area (Å²) in [5.41, 5.74) is 0.775. The minimum absolute atomic E-state index is 0.00230. The third kappa shape index (κ3) is 3.80. The minimum Gasteiger partial charge on any atom is -0.468 e. The molecule has 0 aliphatic carbocycles. The Balaban J connectivity index is 1.56. The molecule has 27 heavy (non-hydrogen) atoms. The molecule has 1 aliphatic heterocycles. The zero-order valence-electron chi connectivity index (χ0n) is 15.1. The number of H-pyrrole nitrogens is 1. The van der Waals surface area contributed by atoms with E-state index in [-0.39, 0.29) is 17.5 Å². The number of aromatic nitrogens is 1. The van der Waals surface area contributed by atoms with Crippen LogP contribution < -0.4 is 10.9 Å². The molecular weight excluding hydrogens is 342 g/mol. The van der Waals surface area contributed by atoms with Crippen LogP contribution in [0.3, 0.4) is 0 Å². The lowest BCUT2D eigenvalue weighted by Crippen LogP contribution is -2.40. The summed E-state index contributed by atoms with van der Waals surface area (Å²) in [4.78, 5) is 29.9. The molecule has 1 aliphatic rings. The van der Waals surface area contributed by atoms with Crippen LogP contribution >= 0.6 is 0 Å². The van der Waals surface area contributed by atoms with Gasteiger partial charge in [-0.05, 0) is 44.1 Å². The number of hydrogen-bond donors (Lipinski definition) is 2. The van der Waals surface area contributed by atoms with Crippen LogP contribution in [-0.2, 0) is 0 Å². The van der Waals surface area contributed by atoms with Crippen LogP contribution in [0.5, 0.6) is 0 Å². The molecule has 2 aromatic heterocycles. The zero-order chi connectivity index (χ0) is 18.6. The third-order valence-corrected chi connectivity index (χ3v) is 5.15. The Kier molecular flexibility index (Phi) is 5.07. The highest BCUT2D eigenvalue weighted by atomic mass is 16.3. The van der Waals surface area contributed by atoms with Gasteiger partial charge in [0.25, 0.3) is 5.91 Å². The fourth-order valence-electron chi connectivity index (χ4n) is 3.80. The molecule has 6 heteroatoms. The van der Waals surface area contributed by atoms with Crippen LogP contribution in [0.15, 0.2) is 57.9 Å². The van der Waals surface area contributed by atoms with Gasteiger partial charge in [0.1, 0.15) is 5.76 Å². The van der Waals surface area contributed by atoms with Crippen LogP contribution in [0, 0.1) is 0 Å². The average Bonchev–Trinajstić information content (AvgIpc) is 3.22. The number of nitrogens with one attached hydrogen (secondary N) is 2. The van der Waals surface area contributed by atoms with E-state index in [4.69, 9.17) is 4.42 Å². The number of carbonyl (C=O) groups is 1. The molecule has 0 radical (unpaired) electrons. The van der Waals surface area contributed by atoms with Crippen molar-refractivity contribution >= 4 is 16.8 Å². The molecule has 4 rings (SSSR count). The van der Waals surface area contributed by atoms with E-state index in [0.29, 0.717) is 17.6 Å². The van der Waals surface area contributed by atoms with Gasteiger partial charge >= 0.3 is 0 Å². The van der Waals surface area contributed by atoms with E-state index in [2.05, 4.69) is 15.2 Å². The maximum atomic E-state index is 12.9. The summed E-state index contributed by atoms with van der Waals surface area (Å²) in [6.07, 6.45) is 5.22. The summed E-state index contributed by atoms with van der Waals surface area (Å²) in [6, 6.07) is 12.5. The van der Waals surface area contributed by atoms with Crippen molar-refractivity contribution in [3.05, 3.63) is 70.4 Å². The molecular formula is C21H23N3O3. The Hall–Kier alpha value is -2.86. The van der Waals surface area contributed by atoms with Gasteiger partial charge < -0.3 is 14.7 Å². The molecule has 140 valence electrons. The number of para-hydroxylation sites is 1. The van der Waals surface area contributed by atoms with E-state index in [1.165, 1.54) is 12.5 Å². The van der Waals surface area contributed by atoms with Crippen LogP contribution in [0.1, 0.15) is 41.4 Å². The van der Waals surface area contributed by atoms with E-state index >= 15 is 0 Å². The highest BCUT2D eigenvalue weighted by Crippen LogP contribution is 2.25. The van der Waals surface area contributed by atoms with Gasteiger partial charge in [-0.1, -0.05) is 24.6 Å². The van der Waals surface area contributed by atoms with Gasteiger partial charge in [0.05, 0.1) is 17.9 Å². The predicted molar refractivity (Wildman–Crippen MR) is 104 cm³/mol. The first-order valence-corrected chi connectivity index (χ1v) is 9.40. The number of aromatic amines is 1. The first-order valence-electron chi connectivity index (χ1n) is 9.40. The molecule has 1 aromatic carbocycles. The van der Waals surface area contributed by atoms with Crippen molar-refractivity contribution in [3.63, 3.8) is 0 Å². The number of amides is 1. The maximum Gasteiger partial charge on any atom is 0.252 e. The molecule has 3 aromatic rings. The molecule has 1 fully saturated rings. The van der Waals surface area contributed by atoms with E-state index in [9.17, 15) is 9.59 Å². The summed E-state index contributed by atoms with van der Waals surface area (Å²) in [6.45, 7) is 2.43. The Labute approximate surface area is 157 Å². The fraction of sp³-hybridized carbons (Fsp3) is 0.333. The lowest BCUT2D eigenvalue weighted by atomic mass is 10.1. The SMILES string of the molecule is O=C(NCC(c1ccco1)N1CCCCC1)c1cc(=O)[nH]c2ccccc12. The number of benzene rings is 1. The highest BCUT2D eigenvalue weighted by Gasteiger charge is 2.25. The molecule has 1 atom stereocenters. The van der Waals surface area contributed by atoms with Crippen molar-refractivity contribution in [1.82, 2.24) is 15.2 Å². The summed E-state index contributed by atoms with van der Waals surface area (Å²) < 4.78 is 5.63. The van der Waals surface area contributed by atoms with Crippen molar-refractivity contribution in [2.45, 2.75) is 25.3 Å². The summed E-state index contributed by atoms with van der Waals surface area (Å²) in [5, 5.41) is 3.75. The van der Waals surface area contributed by atoms with Crippen molar-refractivity contribution in [3.8, 4) is 0 Å². The monoisotopic (exact) mass is 365 g/mol. The standard InChI is InChI=1S/C21H23N3O3/c25-20-13-16(15-7-2-3-8-17(15)23-20)21(26)22-14-18(19-9-6-12-27-19)24-10-4-1-5-11-24/h2-3,6-9,12-13,18H,1,4-5,10-11,14H2,(H,22,26)(H,23,25). The van der Waals surface area contributed by atoms with Crippen molar-refractivity contribution in [1.29, 1.82) is 0 Å². The number of hydrogen-bond acceptors (Lipinski definition) is 4. The number of rotatable bonds is 5. The van der Waals surface area contributed by atoms with Gasteiger partial charge in [-0.2, -0.15) is 0 Å². The molecule has 0 saturated carbocycles. The zero-order valence-corrected chi connectivity index (χ0v) is 15.1. The molecule has 3 heterocycles. The molecule has 1 amide bonds. The van der Waals surface area contributed by atoms with E-state index < -0.39 is 0 Å².